The average molecular weight is 404 g/mol. The van der Waals surface area contributed by atoms with E-state index < -0.39 is 0 Å². The Kier molecular flexibility index (Phi) is 6.19. The highest BCUT2D eigenvalue weighted by Crippen LogP contribution is 2.24. The summed E-state index contributed by atoms with van der Waals surface area (Å²) in [6.07, 6.45) is 0. The number of nitrogens with one attached hydrogen (secondary N) is 1. The van der Waals surface area contributed by atoms with Crippen LogP contribution in [0.5, 0.6) is 5.75 Å². The van der Waals surface area contributed by atoms with Gasteiger partial charge in [-0.25, -0.2) is 0 Å². The van der Waals surface area contributed by atoms with E-state index in [-0.39, 0.29) is 11.9 Å². The van der Waals surface area contributed by atoms with Gasteiger partial charge in [0.1, 0.15) is 5.75 Å². The zero-order valence-corrected chi connectivity index (χ0v) is 17.7. The molecular weight excluding hydrogens is 374 g/mol. The van der Waals surface area contributed by atoms with Crippen LogP contribution in [-0.4, -0.2) is 50.6 Å². The van der Waals surface area contributed by atoms with Gasteiger partial charge in [-0.1, -0.05) is 42.5 Å². The highest BCUT2D eigenvalue weighted by molar-refractivity contribution is 5.86. The summed E-state index contributed by atoms with van der Waals surface area (Å²) in [7, 11) is 1.68. The number of rotatable bonds is 6. The van der Waals surface area contributed by atoms with Gasteiger partial charge in [0.25, 0.3) is 0 Å². The minimum atomic E-state index is 0.112. The number of fused-ring (bicyclic) bond motifs is 1. The van der Waals surface area contributed by atoms with Gasteiger partial charge in [-0.3, -0.25) is 4.79 Å². The molecule has 1 aliphatic heterocycles. The molecule has 1 amide bonds. The summed E-state index contributed by atoms with van der Waals surface area (Å²) >= 11 is 0. The lowest BCUT2D eigenvalue weighted by atomic mass is 10.00. The molecule has 1 fully saturated rings. The van der Waals surface area contributed by atoms with Gasteiger partial charge >= 0.3 is 0 Å². The zero-order valence-electron chi connectivity index (χ0n) is 17.7. The Morgan fingerprint density at radius 3 is 2.40 bits per heavy atom. The fraction of sp³-hybridized carbons (Fsp3) is 0.320. The van der Waals surface area contributed by atoms with E-state index in [1.807, 2.05) is 17.0 Å². The molecule has 5 nitrogen and oxygen atoms in total. The Bertz CT molecular complexity index is 989. The van der Waals surface area contributed by atoms with E-state index in [1.54, 1.807) is 7.11 Å². The smallest absolute Gasteiger partial charge is 0.236 e. The molecule has 1 heterocycles. The van der Waals surface area contributed by atoms with Crippen molar-refractivity contribution in [3.8, 4) is 5.75 Å². The van der Waals surface area contributed by atoms with Gasteiger partial charge in [0.05, 0.1) is 13.7 Å². The second-order valence-corrected chi connectivity index (χ2v) is 7.74. The van der Waals surface area contributed by atoms with Crippen LogP contribution in [0.15, 0.2) is 66.7 Å². The van der Waals surface area contributed by atoms with Crippen LogP contribution in [0.25, 0.3) is 10.8 Å². The van der Waals surface area contributed by atoms with E-state index in [9.17, 15) is 4.79 Å². The van der Waals surface area contributed by atoms with E-state index in [0.29, 0.717) is 6.54 Å². The maximum Gasteiger partial charge on any atom is 0.236 e. The molecule has 1 N–H and O–H groups in total. The first-order valence-electron chi connectivity index (χ1n) is 10.5. The predicted octanol–water partition coefficient (Wildman–Crippen LogP) is 3.85. The van der Waals surface area contributed by atoms with Gasteiger partial charge in [-0.2, -0.15) is 0 Å². The fourth-order valence-corrected chi connectivity index (χ4v) is 4.10. The quantitative estimate of drug-likeness (QED) is 0.679. The number of nitrogens with zero attached hydrogens (tertiary/aromatic N) is 2. The first-order chi connectivity index (χ1) is 14.7. The summed E-state index contributed by atoms with van der Waals surface area (Å²) in [5.74, 6) is 1.02. The lowest BCUT2D eigenvalue weighted by Gasteiger charge is -2.36. The number of carbonyl (C=O) groups excluding carboxylic acids is 1. The third kappa shape index (κ3) is 4.41. The minimum absolute atomic E-state index is 0.112. The van der Waals surface area contributed by atoms with Crippen LogP contribution in [-0.2, 0) is 4.79 Å². The van der Waals surface area contributed by atoms with Crippen molar-refractivity contribution in [2.45, 2.75) is 13.0 Å². The molecule has 0 radical (unpaired) electrons. The maximum absolute atomic E-state index is 12.8. The lowest BCUT2D eigenvalue weighted by molar-refractivity contribution is -0.130. The van der Waals surface area contributed by atoms with Crippen LogP contribution in [0.3, 0.4) is 0 Å². The highest BCUT2D eigenvalue weighted by atomic mass is 16.5. The largest absolute Gasteiger partial charge is 0.497 e. The SMILES string of the molecule is COc1ccc(N2CCN(C(=O)CN[C@H](C)c3cccc4ccccc34)CC2)cc1. The van der Waals surface area contributed by atoms with Gasteiger partial charge in [0.15, 0.2) is 0 Å². The number of methoxy groups -OCH3 is 1. The van der Waals surface area contributed by atoms with E-state index in [1.165, 1.54) is 22.0 Å². The highest BCUT2D eigenvalue weighted by Gasteiger charge is 2.22. The van der Waals surface area contributed by atoms with E-state index in [2.05, 4.69) is 71.7 Å². The molecule has 4 rings (SSSR count). The Hall–Kier alpha value is -3.05. The van der Waals surface area contributed by atoms with Crippen molar-refractivity contribution >= 4 is 22.4 Å². The summed E-state index contributed by atoms with van der Waals surface area (Å²) in [5, 5.41) is 5.89. The molecule has 0 unspecified atom stereocenters. The van der Waals surface area contributed by atoms with E-state index in [4.69, 9.17) is 4.74 Å². The van der Waals surface area contributed by atoms with Crippen molar-refractivity contribution in [1.29, 1.82) is 0 Å². The molecule has 156 valence electrons. The first kappa shape index (κ1) is 20.2. The van der Waals surface area contributed by atoms with Crippen molar-refractivity contribution < 1.29 is 9.53 Å². The molecular formula is C25H29N3O2. The molecule has 0 spiro atoms. The Labute approximate surface area is 178 Å². The van der Waals surface area contributed by atoms with Gasteiger partial charge in [-0.05, 0) is 47.5 Å². The second-order valence-electron chi connectivity index (χ2n) is 7.74. The number of amides is 1. The number of hydrogen-bond donors (Lipinski definition) is 1. The van der Waals surface area contributed by atoms with Crippen LogP contribution in [0.2, 0.25) is 0 Å². The zero-order chi connectivity index (χ0) is 20.9. The minimum Gasteiger partial charge on any atom is -0.497 e. The third-order valence-electron chi connectivity index (χ3n) is 5.92. The van der Waals surface area contributed by atoms with Crippen LogP contribution in [0, 0.1) is 0 Å². The Morgan fingerprint density at radius 2 is 1.67 bits per heavy atom. The van der Waals surface area contributed by atoms with Crippen LogP contribution < -0.4 is 15.0 Å². The molecule has 3 aromatic carbocycles. The Morgan fingerprint density at radius 1 is 0.967 bits per heavy atom. The number of benzene rings is 3. The van der Waals surface area contributed by atoms with Crippen LogP contribution >= 0.6 is 0 Å². The van der Waals surface area contributed by atoms with Crippen molar-refractivity contribution in [3.63, 3.8) is 0 Å². The molecule has 1 aliphatic rings. The lowest BCUT2D eigenvalue weighted by Crippen LogP contribution is -2.51. The van der Waals surface area contributed by atoms with Crippen molar-refractivity contribution in [3.05, 3.63) is 72.3 Å². The monoisotopic (exact) mass is 403 g/mol. The summed E-state index contributed by atoms with van der Waals surface area (Å²) in [5.41, 5.74) is 2.40. The Balaban J connectivity index is 1.30. The fourth-order valence-electron chi connectivity index (χ4n) is 4.10. The van der Waals surface area contributed by atoms with Gasteiger partial charge in [-0.15, -0.1) is 0 Å². The molecule has 0 bridgehead atoms. The van der Waals surface area contributed by atoms with E-state index in [0.717, 1.165) is 31.9 Å². The van der Waals surface area contributed by atoms with Gasteiger partial charge in [0.2, 0.25) is 5.91 Å². The van der Waals surface area contributed by atoms with Gasteiger partial charge in [0, 0.05) is 37.9 Å². The molecule has 30 heavy (non-hydrogen) atoms. The third-order valence-corrected chi connectivity index (χ3v) is 5.92. The molecule has 0 saturated carbocycles. The van der Waals surface area contributed by atoms with Gasteiger partial charge < -0.3 is 19.9 Å². The summed E-state index contributed by atoms with van der Waals surface area (Å²) in [6.45, 7) is 5.65. The molecule has 0 aromatic heterocycles. The number of piperazine rings is 1. The topological polar surface area (TPSA) is 44.8 Å². The normalized spacial score (nSPS) is 15.3. The molecule has 0 aliphatic carbocycles. The predicted molar refractivity (Wildman–Crippen MR) is 122 cm³/mol. The standard InChI is InChI=1S/C25H29N3O2/c1-19(23-9-5-7-20-6-3-4-8-24(20)23)26-18-25(29)28-16-14-27(15-17-28)21-10-12-22(30-2)13-11-21/h3-13,19,26H,14-18H2,1-2H3/t19-/m1/s1. The van der Waals surface area contributed by atoms with Crippen LogP contribution in [0.1, 0.15) is 18.5 Å². The number of anilines is 1. The molecule has 5 heteroatoms. The average Bonchev–Trinajstić information content (AvgIpc) is 2.82. The molecule has 3 aromatic rings. The number of hydrogen-bond acceptors (Lipinski definition) is 4. The summed E-state index contributed by atoms with van der Waals surface area (Å²) in [6, 6.07) is 22.9. The second kappa shape index (κ2) is 9.18. The number of carbonyl (C=O) groups is 1. The molecule has 1 saturated heterocycles. The summed E-state index contributed by atoms with van der Waals surface area (Å²) in [4.78, 5) is 17.0. The van der Waals surface area contributed by atoms with Crippen molar-refractivity contribution in [2.75, 3.05) is 44.7 Å². The van der Waals surface area contributed by atoms with E-state index >= 15 is 0 Å². The van der Waals surface area contributed by atoms with Crippen molar-refractivity contribution in [1.82, 2.24) is 10.2 Å². The van der Waals surface area contributed by atoms with Crippen LogP contribution in [0.4, 0.5) is 5.69 Å². The molecule has 1 atom stereocenters. The first-order valence-corrected chi connectivity index (χ1v) is 10.5. The number of ether oxygens (including phenoxy) is 1. The van der Waals surface area contributed by atoms with Crippen molar-refractivity contribution in [2.24, 2.45) is 0 Å². The maximum atomic E-state index is 12.8. The summed E-state index contributed by atoms with van der Waals surface area (Å²) < 4.78 is 5.23.